The third-order valence-electron chi connectivity index (χ3n) is 1.56. The summed E-state index contributed by atoms with van der Waals surface area (Å²) in [7, 11) is 0. The van der Waals surface area contributed by atoms with Crippen molar-refractivity contribution < 1.29 is 4.92 Å². The minimum Gasteiger partial charge on any atom is -0.390 e. The number of nitrogens with two attached hydrogens (primary N) is 1. The van der Waals surface area contributed by atoms with Gasteiger partial charge in [0.2, 0.25) is 5.66 Å². The van der Waals surface area contributed by atoms with E-state index in [1.807, 2.05) is 0 Å². The van der Waals surface area contributed by atoms with Crippen molar-refractivity contribution >= 4 is 24.3 Å². The smallest absolute Gasteiger partial charge is 0.390 e. The Bertz CT molecular complexity index is 394. The van der Waals surface area contributed by atoms with Crippen molar-refractivity contribution in [3.8, 4) is 0 Å². The molecule has 0 saturated heterocycles. The number of guanidine groups is 1. The summed E-state index contributed by atoms with van der Waals surface area (Å²) in [5, 5.41) is 10.3. The predicted molar refractivity (Wildman–Crippen MR) is 45.8 cm³/mol. The van der Waals surface area contributed by atoms with Gasteiger partial charge in [0, 0.05) is 0 Å². The van der Waals surface area contributed by atoms with Crippen LogP contribution in [0.25, 0.3) is 0 Å². The van der Waals surface area contributed by atoms with Crippen LogP contribution in [0.1, 0.15) is 0 Å². The molecule has 0 radical (unpaired) electrons. The second-order valence-corrected chi connectivity index (χ2v) is 2.45. The Morgan fingerprint density at radius 1 is 1.62 bits per heavy atom. The number of aliphatic imine (C=N–C) groups is 4. The highest BCUT2D eigenvalue weighted by atomic mass is 16.6. The fraction of sp³-hybridized carbons (Fsp3) is 0.200. The number of nitrogens with zero attached hydrogens (tertiary/aromatic N) is 5. The summed E-state index contributed by atoms with van der Waals surface area (Å²) < 4.78 is 0. The van der Waals surface area contributed by atoms with Gasteiger partial charge in [-0.25, -0.2) is 9.98 Å². The molecule has 2 heterocycles. The monoisotopic (exact) mass is 180 g/mol. The molecule has 2 rings (SSSR count). The summed E-state index contributed by atoms with van der Waals surface area (Å²) in [6.45, 7) is 0. The standard InChI is InChI=1S/C5H4N6O2/c6-5-1-7-4(11(12)13)10-3(5)8-2-9-5/h1-2H,6H2. The molecule has 13 heavy (non-hydrogen) atoms. The molecular weight excluding hydrogens is 176 g/mol. The van der Waals surface area contributed by atoms with E-state index in [9.17, 15) is 10.1 Å². The summed E-state index contributed by atoms with van der Waals surface area (Å²) in [5.74, 6) is -0.431. The van der Waals surface area contributed by atoms with Gasteiger partial charge in [-0.3, -0.25) is 5.73 Å². The third-order valence-corrected chi connectivity index (χ3v) is 1.56. The Kier molecular flexibility index (Phi) is 1.34. The zero-order valence-electron chi connectivity index (χ0n) is 6.28. The van der Waals surface area contributed by atoms with Crippen molar-refractivity contribution in [2.45, 2.75) is 5.66 Å². The van der Waals surface area contributed by atoms with Gasteiger partial charge in [0.05, 0.1) is 0 Å². The maximum absolute atomic E-state index is 10.3. The lowest BCUT2D eigenvalue weighted by atomic mass is 10.2. The summed E-state index contributed by atoms with van der Waals surface area (Å²) in [6.07, 6.45) is 2.36. The molecule has 8 nitrogen and oxygen atoms in total. The maximum atomic E-state index is 10.3. The molecule has 2 aliphatic heterocycles. The second kappa shape index (κ2) is 2.26. The Morgan fingerprint density at radius 2 is 2.38 bits per heavy atom. The van der Waals surface area contributed by atoms with Crippen LogP contribution in [-0.4, -0.2) is 34.9 Å². The van der Waals surface area contributed by atoms with Gasteiger partial charge in [-0.1, -0.05) is 4.99 Å². The van der Waals surface area contributed by atoms with Crippen LogP contribution in [0.4, 0.5) is 0 Å². The number of hydrogen-bond donors (Lipinski definition) is 1. The fourth-order valence-electron chi connectivity index (χ4n) is 0.917. The molecule has 0 aromatic heterocycles. The summed E-state index contributed by atoms with van der Waals surface area (Å²) in [5.41, 5.74) is 4.41. The largest absolute Gasteiger partial charge is 0.470 e. The first-order chi connectivity index (χ1) is 6.12. The highest BCUT2D eigenvalue weighted by molar-refractivity contribution is 6.18. The average Bonchev–Trinajstić information content (AvgIpc) is 2.44. The van der Waals surface area contributed by atoms with Gasteiger partial charge >= 0.3 is 5.96 Å². The lowest BCUT2D eigenvalue weighted by Gasteiger charge is -2.12. The molecule has 0 amide bonds. The summed E-state index contributed by atoms with van der Waals surface area (Å²) in [6, 6.07) is 0. The molecule has 1 atom stereocenters. The van der Waals surface area contributed by atoms with Gasteiger partial charge in [-0.2, -0.15) is 0 Å². The van der Waals surface area contributed by atoms with Crippen molar-refractivity contribution in [3.63, 3.8) is 0 Å². The minimum absolute atomic E-state index is 0.0919. The summed E-state index contributed by atoms with van der Waals surface area (Å²) in [4.78, 5) is 24.0. The highest BCUT2D eigenvalue weighted by Gasteiger charge is 2.41. The first kappa shape index (κ1) is 7.68. The Morgan fingerprint density at radius 3 is 3.08 bits per heavy atom. The van der Waals surface area contributed by atoms with E-state index in [0.29, 0.717) is 0 Å². The van der Waals surface area contributed by atoms with E-state index in [0.717, 1.165) is 6.21 Å². The molecule has 0 aliphatic carbocycles. The van der Waals surface area contributed by atoms with Gasteiger partial charge in [-0.15, -0.1) is 0 Å². The number of rotatable bonds is 0. The van der Waals surface area contributed by atoms with E-state index in [1.165, 1.54) is 6.34 Å². The van der Waals surface area contributed by atoms with Crippen LogP contribution in [0.2, 0.25) is 0 Å². The molecule has 2 N–H and O–H groups in total. The van der Waals surface area contributed by atoms with Crippen molar-refractivity contribution in [2.24, 2.45) is 25.7 Å². The SMILES string of the molecule is NC12C=NC([N+](=O)[O-])=NC1=NC=N2. The highest BCUT2D eigenvalue weighted by Crippen LogP contribution is 2.13. The molecule has 0 bridgehead atoms. The topological polar surface area (TPSA) is 119 Å². The Hall–Kier alpha value is -1.96. The van der Waals surface area contributed by atoms with Gasteiger partial charge in [-0.05, 0) is 9.92 Å². The number of amidine groups is 1. The van der Waals surface area contributed by atoms with Crippen molar-refractivity contribution in [3.05, 3.63) is 10.1 Å². The molecule has 8 heteroatoms. The molecule has 0 saturated carbocycles. The number of fused-ring (bicyclic) bond motifs is 1. The first-order valence-corrected chi connectivity index (χ1v) is 3.31. The maximum Gasteiger partial charge on any atom is 0.470 e. The zero-order valence-corrected chi connectivity index (χ0v) is 6.28. The second-order valence-electron chi connectivity index (χ2n) is 2.45. The van der Waals surface area contributed by atoms with E-state index in [2.05, 4.69) is 20.0 Å². The van der Waals surface area contributed by atoms with Crippen LogP contribution in [-0.2, 0) is 0 Å². The fourth-order valence-corrected chi connectivity index (χ4v) is 0.917. The van der Waals surface area contributed by atoms with Crippen molar-refractivity contribution in [1.29, 1.82) is 0 Å². The molecule has 1 unspecified atom stereocenters. The number of hydrogen-bond acceptors (Lipinski definition) is 7. The lowest BCUT2D eigenvalue weighted by molar-refractivity contribution is -0.351. The third kappa shape index (κ3) is 1.04. The van der Waals surface area contributed by atoms with Crippen LogP contribution in [0, 0.1) is 10.1 Å². The first-order valence-electron chi connectivity index (χ1n) is 3.31. The van der Waals surface area contributed by atoms with E-state index in [-0.39, 0.29) is 5.84 Å². The molecule has 0 fully saturated rings. The average molecular weight is 180 g/mol. The van der Waals surface area contributed by atoms with E-state index in [4.69, 9.17) is 5.73 Å². The quantitative estimate of drug-likeness (QED) is 0.372. The van der Waals surface area contributed by atoms with Crippen molar-refractivity contribution in [2.75, 3.05) is 0 Å². The minimum atomic E-state index is -1.21. The molecule has 66 valence electrons. The lowest BCUT2D eigenvalue weighted by Crippen LogP contribution is -2.48. The Labute approximate surface area is 71.8 Å². The molecular formula is C5H4N6O2. The molecule has 0 spiro atoms. The van der Waals surface area contributed by atoms with Crippen molar-refractivity contribution in [1.82, 2.24) is 0 Å². The molecule has 0 aromatic rings. The van der Waals surface area contributed by atoms with Gasteiger partial charge in [0.25, 0.3) is 5.84 Å². The van der Waals surface area contributed by atoms with E-state index in [1.54, 1.807) is 0 Å². The van der Waals surface area contributed by atoms with E-state index >= 15 is 0 Å². The molecule has 0 aromatic carbocycles. The van der Waals surface area contributed by atoms with Gasteiger partial charge in [0.15, 0.2) is 0 Å². The Balaban J connectivity index is 2.42. The number of nitro groups is 1. The van der Waals surface area contributed by atoms with Crippen LogP contribution >= 0.6 is 0 Å². The van der Waals surface area contributed by atoms with Crippen LogP contribution in [0.5, 0.6) is 0 Å². The van der Waals surface area contributed by atoms with Gasteiger partial charge in [0.1, 0.15) is 12.6 Å². The molecule has 2 aliphatic rings. The van der Waals surface area contributed by atoms with Crippen LogP contribution in [0.3, 0.4) is 0 Å². The predicted octanol–water partition coefficient (Wildman–Crippen LogP) is -1.20. The van der Waals surface area contributed by atoms with Crippen LogP contribution < -0.4 is 5.73 Å². The normalized spacial score (nSPS) is 29.6. The zero-order chi connectivity index (χ0) is 9.47. The van der Waals surface area contributed by atoms with E-state index < -0.39 is 16.5 Å². The van der Waals surface area contributed by atoms with Crippen LogP contribution in [0.15, 0.2) is 20.0 Å². The van der Waals surface area contributed by atoms with Gasteiger partial charge < -0.3 is 10.1 Å². The summed E-state index contributed by atoms with van der Waals surface area (Å²) >= 11 is 0.